The summed E-state index contributed by atoms with van der Waals surface area (Å²) in [6.07, 6.45) is 2.39. The average molecular weight is 286 g/mol. The lowest BCUT2D eigenvalue weighted by atomic mass is 10.2. The van der Waals surface area contributed by atoms with E-state index in [1.54, 1.807) is 4.90 Å². The van der Waals surface area contributed by atoms with Crippen LogP contribution < -0.4 is 0 Å². The van der Waals surface area contributed by atoms with Gasteiger partial charge in [0.2, 0.25) is 0 Å². The van der Waals surface area contributed by atoms with E-state index in [0.717, 1.165) is 19.3 Å². The summed E-state index contributed by atoms with van der Waals surface area (Å²) in [7, 11) is 0. The smallest absolute Gasteiger partial charge is 0.326 e. The second-order valence-corrected chi connectivity index (χ2v) is 5.67. The van der Waals surface area contributed by atoms with Gasteiger partial charge >= 0.3 is 12.0 Å². The molecule has 2 amide bonds. The predicted molar refractivity (Wildman–Crippen MR) is 75.5 cm³/mol. The van der Waals surface area contributed by atoms with E-state index in [1.807, 2.05) is 13.8 Å². The largest absolute Gasteiger partial charge is 0.480 e. The summed E-state index contributed by atoms with van der Waals surface area (Å²) >= 11 is 0. The van der Waals surface area contributed by atoms with Gasteiger partial charge < -0.3 is 20.0 Å². The molecule has 0 aliphatic carbocycles. The van der Waals surface area contributed by atoms with Gasteiger partial charge in [0.1, 0.15) is 6.04 Å². The van der Waals surface area contributed by atoms with Gasteiger partial charge in [-0.15, -0.1) is 0 Å². The molecule has 1 saturated heterocycles. The van der Waals surface area contributed by atoms with E-state index in [2.05, 4.69) is 6.92 Å². The van der Waals surface area contributed by atoms with Crippen LogP contribution in [0, 0.1) is 0 Å². The van der Waals surface area contributed by atoms with Gasteiger partial charge in [-0.25, -0.2) is 9.59 Å². The second-order valence-electron chi connectivity index (χ2n) is 5.67. The monoisotopic (exact) mass is 286 g/mol. The first-order valence-electron chi connectivity index (χ1n) is 7.36. The molecule has 116 valence electrons. The first kappa shape index (κ1) is 16.8. The number of likely N-dealkylation sites (tertiary alicyclic amines) is 1. The number of rotatable bonds is 6. The molecule has 0 aromatic heterocycles. The van der Waals surface area contributed by atoms with Gasteiger partial charge in [-0.05, 0) is 20.3 Å². The minimum Gasteiger partial charge on any atom is -0.480 e. The highest BCUT2D eigenvalue weighted by molar-refractivity contribution is 5.83. The Morgan fingerprint density at radius 3 is 2.50 bits per heavy atom. The molecular formula is C14H26N2O4. The quantitative estimate of drug-likeness (QED) is 0.726. The van der Waals surface area contributed by atoms with Gasteiger partial charge in [0.25, 0.3) is 0 Å². The molecule has 6 heteroatoms. The van der Waals surface area contributed by atoms with Crippen molar-refractivity contribution in [3.05, 3.63) is 0 Å². The Bertz CT molecular complexity index is 346. The van der Waals surface area contributed by atoms with E-state index < -0.39 is 18.1 Å². The minimum absolute atomic E-state index is 0.0199. The van der Waals surface area contributed by atoms with E-state index in [1.165, 1.54) is 4.90 Å². The summed E-state index contributed by atoms with van der Waals surface area (Å²) in [5.41, 5.74) is 0. The SMILES string of the molecule is CCCCCN(C(=O)N1CC(O)C[C@H]1C(=O)O)C(C)C. The molecule has 0 aromatic rings. The molecule has 1 aliphatic heterocycles. The van der Waals surface area contributed by atoms with Crippen LogP contribution in [-0.2, 0) is 4.79 Å². The molecular weight excluding hydrogens is 260 g/mol. The van der Waals surface area contributed by atoms with Crippen molar-refractivity contribution in [3.63, 3.8) is 0 Å². The van der Waals surface area contributed by atoms with Gasteiger partial charge in [-0.3, -0.25) is 0 Å². The van der Waals surface area contributed by atoms with Gasteiger partial charge in [0.05, 0.1) is 6.10 Å². The Morgan fingerprint density at radius 1 is 1.35 bits per heavy atom. The number of urea groups is 1. The van der Waals surface area contributed by atoms with Crippen molar-refractivity contribution < 1.29 is 19.8 Å². The zero-order valence-electron chi connectivity index (χ0n) is 12.6. The van der Waals surface area contributed by atoms with Crippen LogP contribution >= 0.6 is 0 Å². The van der Waals surface area contributed by atoms with Crippen LogP contribution in [0.4, 0.5) is 4.79 Å². The van der Waals surface area contributed by atoms with Crippen LogP contribution in [-0.4, -0.2) is 63.3 Å². The van der Waals surface area contributed by atoms with Crippen LogP contribution in [0.5, 0.6) is 0 Å². The maximum atomic E-state index is 12.5. The lowest BCUT2D eigenvalue weighted by molar-refractivity contribution is -0.141. The topological polar surface area (TPSA) is 81.1 Å². The molecule has 0 bridgehead atoms. The molecule has 2 N–H and O–H groups in total. The fraction of sp³-hybridized carbons (Fsp3) is 0.857. The van der Waals surface area contributed by atoms with Crippen molar-refractivity contribution in [1.82, 2.24) is 9.80 Å². The maximum absolute atomic E-state index is 12.5. The third kappa shape index (κ3) is 4.10. The Labute approximate surface area is 120 Å². The van der Waals surface area contributed by atoms with Crippen molar-refractivity contribution in [1.29, 1.82) is 0 Å². The van der Waals surface area contributed by atoms with E-state index in [0.29, 0.717) is 6.54 Å². The van der Waals surface area contributed by atoms with Crippen LogP contribution in [0.2, 0.25) is 0 Å². The van der Waals surface area contributed by atoms with E-state index >= 15 is 0 Å². The summed E-state index contributed by atoms with van der Waals surface area (Å²) < 4.78 is 0. The summed E-state index contributed by atoms with van der Waals surface area (Å²) in [6, 6.07) is -1.17. The Morgan fingerprint density at radius 2 is 2.00 bits per heavy atom. The summed E-state index contributed by atoms with van der Waals surface area (Å²) in [5, 5.41) is 18.8. The van der Waals surface area contributed by atoms with Crippen LogP contribution in [0.15, 0.2) is 0 Å². The highest BCUT2D eigenvalue weighted by Gasteiger charge is 2.40. The zero-order chi connectivity index (χ0) is 15.3. The number of aliphatic carboxylic acids is 1. The van der Waals surface area contributed by atoms with Crippen LogP contribution in [0.3, 0.4) is 0 Å². The molecule has 2 atom stereocenters. The average Bonchev–Trinajstić information content (AvgIpc) is 2.76. The summed E-state index contributed by atoms with van der Waals surface area (Å²) in [5.74, 6) is -1.05. The molecule has 0 aromatic carbocycles. The van der Waals surface area contributed by atoms with Gasteiger partial charge in [-0.1, -0.05) is 19.8 Å². The zero-order valence-corrected chi connectivity index (χ0v) is 12.6. The van der Waals surface area contributed by atoms with Crippen molar-refractivity contribution in [3.8, 4) is 0 Å². The van der Waals surface area contributed by atoms with E-state index in [9.17, 15) is 14.7 Å². The van der Waals surface area contributed by atoms with Gasteiger partial charge in [0.15, 0.2) is 0 Å². The van der Waals surface area contributed by atoms with Crippen molar-refractivity contribution in [2.45, 2.75) is 64.6 Å². The number of hydrogen-bond donors (Lipinski definition) is 2. The molecule has 1 aliphatic rings. The summed E-state index contributed by atoms with van der Waals surface area (Å²) in [4.78, 5) is 26.7. The lowest BCUT2D eigenvalue weighted by Crippen LogP contribution is -2.50. The molecule has 0 radical (unpaired) electrons. The number of unbranched alkanes of at least 4 members (excludes halogenated alkanes) is 2. The standard InChI is InChI=1S/C14H26N2O4/c1-4-5-6-7-15(10(2)3)14(20)16-9-11(17)8-12(16)13(18)19/h10-12,17H,4-9H2,1-3H3,(H,18,19)/t11?,12-/m0/s1. The number of hydrogen-bond acceptors (Lipinski definition) is 3. The lowest BCUT2D eigenvalue weighted by Gasteiger charge is -2.33. The van der Waals surface area contributed by atoms with Gasteiger partial charge in [0, 0.05) is 25.6 Å². The third-order valence-electron chi connectivity index (χ3n) is 3.68. The number of carboxylic acids is 1. The molecule has 1 heterocycles. The highest BCUT2D eigenvalue weighted by atomic mass is 16.4. The minimum atomic E-state index is -1.05. The number of amides is 2. The fourth-order valence-corrected chi connectivity index (χ4v) is 2.53. The molecule has 1 unspecified atom stereocenters. The molecule has 1 fully saturated rings. The maximum Gasteiger partial charge on any atom is 0.326 e. The number of aliphatic hydroxyl groups excluding tert-OH is 1. The number of aliphatic hydroxyl groups is 1. The Kier molecular flexibility index (Phi) is 6.26. The third-order valence-corrected chi connectivity index (χ3v) is 3.68. The predicted octanol–water partition coefficient (Wildman–Crippen LogP) is 1.53. The number of nitrogens with zero attached hydrogens (tertiary/aromatic N) is 2. The van der Waals surface area contributed by atoms with Gasteiger partial charge in [-0.2, -0.15) is 0 Å². The van der Waals surface area contributed by atoms with Crippen LogP contribution in [0.25, 0.3) is 0 Å². The molecule has 0 saturated carbocycles. The fourth-order valence-electron chi connectivity index (χ4n) is 2.53. The van der Waals surface area contributed by atoms with E-state index in [4.69, 9.17) is 5.11 Å². The molecule has 20 heavy (non-hydrogen) atoms. The van der Waals surface area contributed by atoms with Crippen LogP contribution in [0.1, 0.15) is 46.5 Å². The molecule has 0 spiro atoms. The summed E-state index contributed by atoms with van der Waals surface area (Å²) in [6.45, 7) is 6.67. The van der Waals surface area contributed by atoms with Crippen molar-refractivity contribution in [2.75, 3.05) is 13.1 Å². The first-order chi connectivity index (χ1) is 9.38. The normalized spacial score (nSPS) is 22.4. The van der Waals surface area contributed by atoms with E-state index in [-0.39, 0.29) is 25.0 Å². The Hall–Kier alpha value is -1.30. The number of β-amino-alcohol motifs (C(OH)–C–C–N with tert-alkyl or cyclic N) is 1. The van der Waals surface area contributed by atoms with Crippen molar-refractivity contribution in [2.24, 2.45) is 0 Å². The molecule has 6 nitrogen and oxygen atoms in total. The number of carbonyl (C=O) groups is 2. The number of carbonyl (C=O) groups excluding carboxylic acids is 1. The first-order valence-corrected chi connectivity index (χ1v) is 7.36. The number of carboxylic acid groups (broad SMARTS) is 1. The Balaban J connectivity index is 2.74. The molecule has 1 rings (SSSR count). The highest BCUT2D eigenvalue weighted by Crippen LogP contribution is 2.21. The second kappa shape index (κ2) is 7.47. The van der Waals surface area contributed by atoms with Crippen molar-refractivity contribution >= 4 is 12.0 Å².